The monoisotopic (exact) mass is 402 g/mol. The first-order valence-corrected chi connectivity index (χ1v) is 10.4. The van der Waals surface area contributed by atoms with Crippen molar-refractivity contribution in [3.05, 3.63) is 59.2 Å². The predicted octanol–water partition coefficient (Wildman–Crippen LogP) is 3.85. The average molecular weight is 402 g/mol. The fraction of sp³-hybridized carbons (Fsp3) is 0.375. The van der Waals surface area contributed by atoms with E-state index in [1.54, 1.807) is 32.2 Å². The number of carbonyl (C=O) groups excluding carboxylic acids is 2. The Morgan fingerprint density at radius 2 is 1.83 bits per heavy atom. The molecular weight excluding hydrogens is 376 g/mol. The predicted molar refractivity (Wildman–Crippen MR) is 116 cm³/mol. The molecule has 4 rings (SSSR count). The maximum absolute atomic E-state index is 12.7. The van der Waals surface area contributed by atoms with Crippen molar-refractivity contribution in [3.8, 4) is 6.07 Å². The molecule has 3 atom stereocenters. The Morgan fingerprint density at radius 3 is 2.40 bits per heavy atom. The molecule has 1 aliphatic carbocycles. The van der Waals surface area contributed by atoms with Crippen LogP contribution in [0.1, 0.15) is 54.2 Å². The van der Waals surface area contributed by atoms with Crippen molar-refractivity contribution in [2.45, 2.75) is 38.8 Å². The number of nitrogens with zero attached hydrogens (tertiary/aromatic N) is 2. The van der Waals surface area contributed by atoms with Crippen molar-refractivity contribution in [2.75, 3.05) is 17.3 Å². The molecule has 0 aromatic heterocycles. The maximum Gasteiger partial charge on any atom is 0.251 e. The molecule has 2 aromatic rings. The molecule has 6 heteroatoms. The fourth-order valence-electron chi connectivity index (χ4n) is 4.67. The summed E-state index contributed by atoms with van der Waals surface area (Å²) in [6.07, 6.45) is 2.27. The summed E-state index contributed by atoms with van der Waals surface area (Å²) in [6, 6.07) is 15.2. The molecule has 1 heterocycles. The van der Waals surface area contributed by atoms with Gasteiger partial charge < -0.3 is 15.5 Å². The van der Waals surface area contributed by atoms with E-state index in [0.717, 1.165) is 29.8 Å². The van der Waals surface area contributed by atoms with Gasteiger partial charge in [0.25, 0.3) is 5.91 Å². The molecule has 30 heavy (non-hydrogen) atoms. The Morgan fingerprint density at radius 1 is 1.13 bits per heavy atom. The third-order valence-electron chi connectivity index (χ3n) is 6.25. The molecule has 2 N–H and O–H groups in total. The number of hydrogen-bond acceptors (Lipinski definition) is 4. The second-order valence-electron chi connectivity index (χ2n) is 8.24. The van der Waals surface area contributed by atoms with E-state index in [-0.39, 0.29) is 29.8 Å². The summed E-state index contributed by atoms with van der Waals surface area (Å²) in [5.41, 5.74) is 3.91. The van der Waals surface area contributed by atoms with Crippen molar-refractivity contribution >= 4 is 23.2 Å². The van der Waals surface area contributed by atoms with E-state index in [2.05, 4.69) is 23.6 Å². The second-order valence-corrected chi connectivity index (χ2v) is 8.24. The van der Waals surface area contributed by atoms with Crippen LogP contribution in [-0.4, -0.2) is 24.9 Å². The van der Waals surface area contributed by atoms with Gasteiger partial charge in [0.2, 0.25) is 5.91 Å². The van der Waals surface area contributed by atoms with Gasteiger partial charge in [-0.1, -0.05) is 6.92 Å². The van der Waals surface area contributed by atoms with Crippen LogP contribution in [0.25, 0.3) is 0 Å². The lowest BCUT2D eigenvalue weighted by molar-refractivity contribution is -0.117. The van der Waals surface area contributed by atoms with E-state index in [1.807, 2.05) is 29.2 Å². The maximum atomic E-state index is 12.7. The second kappa shape index (κ2) is 7.83. The van der Waals surface area contributed by atoms with Crippen LogP contribution in [-0.2, 0) is 4.79 Å². The summed E-state index contributed by atoms with van der Waals surface area (Å²) >= 11 is 0. The van der Waals surface area contributed by atoms with Crippen molar-refractivity contribution < 1.29 is 9.59 Å². The van der Waals surface area contributed by atoms with Gasteiger partial charge in [0.05, 0.1) is 17.7 Å². The van der Waals surface area contributed by atoms with Gasteiger partial charge in [0, 0.05) is 42.9 Å². The van der Waals surface area contributed by atoms with Crippen LogP contribution in [0.15, 0.2) is 42.5 Å². The minimum Gasteiger partial charge on any atom is -0.378 e. The molecule has 0 radical (unpaired) electrons. The van der Waals surface area contributed by atoms with Crippen LogP contribution in [0, 0.1) is 23.2 Å². The molecule has 6 nitrogen and oxygen atoms in total. The molecule has 2 amide bonds. The van der Waals surface area contributed by atoms with Gasteiger partial charge in [-0.25, -0.2) is 0 Å². The summed E-state index contributed by atoms with van der Waals surface area (Å²) in [5, 5.41) is 15.4. The molecule has 2 aliphatic rings. The molecule has 0 bridgehead atoms. The van der Waals surface area contributed by atoms with E-state index < -0.39 is 0 Å². The highest BCUT2D eigenvalue weighted by Gasteiger charge is 2.47. The molecule has 1 fully saturated rings. The number of carbonyl (C=O) groups is 2. The smallest absolute Gasteiger partial charge is 0.251 e. The number of nitriles is 1. The zero-order chi connectivity index (χ0) is 21.4. The fourth-order valence-corrected chi connectivity index (χ4v) is 4.67. The van der Waals surface area contributed by atoms with E-state index in [9.17, 15) is 9.59 Å². The Labute approximate surface area is 176 Å². The standard InChI is InChI=1S/C24H26N4O2/c1-14-22(27-19-9-4-16(13-25)5-10-19)20-12-18(24(30)26-3)8-11-21(20)28(15(2)29)23(14)17-6-7-17/h4-5,8-12,14,17,22-23,27H,6-7H2,1-3H3,(H,26,30)/t14?,22?,23-/m1/s1. The highest BCUT2D eigenvalue weighted by molar-refractivity contribution is 5.98. The van der Waals surface area contributed by atoms with Crippen molar-refractivity contribution in [2.24, 2.45) is 11.8 Å². The number of fused-ring (bicyclic) bond motifs is 1. The van der Waals surface area contributed by atoms with Crippen molar-refractivity contribution in [1.29, 1.82) is 5.26 Å². The first-order valence-electron chi connectivity index (χ1n) is 10.4. The van der Waals surface area contributed by atoms with E-state index in [4.69, 9.17) is 5.26 Å². The number of rotatable bonds is 4. The first-order chi connectivity index (χ1) is 14.4. The Kier molecular flexibility index (Phi) is 5.21. The minimum atomic E-state index is -0.152. The lowest BCUT2D eigenvalue weighted by Gasteiger charge is -2.46. The molecule has 0 saturated heterocycles. The highest BCUT2D eigenvalue weighted by atomic mass is 16.2. The number of nitrogens with one attached hydrogen (secondary N) is 2. The summed E-state index contributed by atoms with van der Waals surface area (Å²) < 4.78 is 0. The van der Waals surface area contributed by atoms with Crippen LogP contribution < -0.4 is 15.5 Å². The normalized spacial score (nSPS) is 22.6. The van der Waals surface area contributed by atoms with Crippen LogP contribution in [0.4, 0.5) is 11.4 Å². The van der Waals surface area contributed by atoms with Crippen LogP contribution in [0.3, 0.4) is 0 Å². The van der Waals surface area contributed by atoms with Crippen LogP contribution in [0.2, 0.25) is 0 Å². The van der Waals surface area contributed by atoms with Crippen LogP contribution >= 0.6 is 0 Å². The molecule has 1 aliphatic heterocycles. The third kappa shape index (κ3) is 3.52. The zero-order valence-corrected chi connectivity index (χ0v) is 17.5. The Bertz CT molecular complexity index is 1020. The van der Waals surface area contributed by atoms with Gasteiger partial charge in [0.1, 0.15) is 0 Å². The number of anilines is 2. The molecule has 0 spiro atoms. The van der Waals surface area contributed by atoms with E-state index >= 15 is 0 Å². The van der Waals surface area contributed by atoms with Crippen molar-refractivity contribution in [1.82, 2.24) is 5.32 Å². The van der Waals surface area contributed by atoms with Gasteiger partial charge in [-0.2, -0.15) is 5.26 Å². The quantitative estimate of drug-likeness (QED) is 0.813. The SMILES string of the molecule is CNC(=O)c1ccc2c(c1)C(Nc1ccc(C#N)cc1)C(C)[C@H](C1CC1)N2C(C)=O. The number of hydrogen-bond donors (Lipinski definition) is 2. The molecule has 2 aromatic carbocycles. The van der Waals surface area contributed by atoms with Crippen LogP contribution in [0.5, 0.6) is 0 Å². The van der Waals surface area contributed by atoms with Gasteiger partial charge in [0.15, 0.2) is 0 Å². The largest absolute Gasteiger partial charge is 0.378 e. The minimum absolute atomic E-state index is 0.0320. The Balaban J connectivity index is 1.80. The lowest BCUT2D eigenvalue weighted by Crippen LogP contribution is -2.51. The number of amides is 2. The summed E-state index contributed by atoms with van der Waals surface area (Å²) in [7, 11) is 1.61. The average Bonchev–Trinajstić information content (AvgIpc) is 3.59. The van der Waals surface area contributed by atoms with Gasteiger partial charge in [-0.3, -0.25) is 9.59 Å². The zero-order valence-electron chi connectivity index (χ0n) is 17.5. The Hall–Kier alpha value is -3.33. The summed E-state index contributed by atoms with van der Waals surface area (Å²) in [4.78, 5) is 26.9. The first kappa shape index (κ1) is 20.0. The van der Waals surface area contributed by atoms with E-state index in [0.29, 0.717) is 17.0 Å². The van der Waals surface area contributed by atoms with Gasteiger partial charge in [-0.15, -0.1) is 0 Å². The topological polar surface area (TPSA) is 85.2 Å². The molecule has 154 valence electrons. The lowest BCUT2D eigenvalue weighted by atomic mass is 9.79. The van der Waals surface area contributed by atoms with E-state index in [1.165, 1.54) is 0 Å². The van der Waals surface area contributed by atoms with Crippen molar-refractivity contribution in [3.63, 3.8) is 0 Å². The molecular formula is C24H26N4O2. The third-order valence-corrected chi connectivity index (χ3v) is 6.25. The molecule has 1 saturated carbocycles. The highest BCUT2D eigenvalue weighted by Crippen LogP contribution is 2.50. The summed E-state index contributed by atoms with van der Waals surface area (Å²) in [5.74, 6) is 0.538. The number of benzene rings is 2. The summed E-state index contributed by atoms with van der Waals surface area (Å²) in [6.45, 7) is 3.79. The van der Waals surface area contributed by atoms with Gasteiger partial charge in [-0.05, 0) is 66.8 Å². The molecule has 2 unspecified atom stereocenters. The van der Waals surface area contributed by atoms with Gasteiger partial charge >= 0.3 is 0 Å².